The van der Waals surface area contributed by atoms with Crippen LogP contribution in [0, 0.1) is 17.8 Å². The Kier molecular flexibility index (Phi) is 5.59. The summed E-state index contributed by atoms with van der Waals surface area (Å²) < 4.78 is 0. The van der Waals surface area contributed by atoms with Gasteiger partial charge in [0.05, 0.1) is 0 Å². The topological polar surface area (TPSA) is 26.0 Å². The second-order valence-electron chi connectivity index (χ2n) is 7.00. The molecule has 24 heavy (non-hydrogen) atoms. The lowest BCUT2D eigenvalue weighted by Crippen LogP contribution is -2.13. The molecule has 0 amide bonds. The van der Waals surface area contributed by atoms with E-state index in [0.717, 1.165) is 28.7 Å². The summed E-state index contributed by atoms with van der Waals surface area (Å²) >= 11 is 0. The van der Waals surface area contributed by atoms with Crippen molar-refractivity contribution in [3.63, 3.8) is 0 Å². The fourth-order valence-corrected chi connectivity index (χ4v) is 3.79. The first kappa shape index (κ1) is 16.7. The second kappa shape index (κ2) is 8.06. The first-order chi connectivity index (χ1) is 11.7. The molecule has 0 atom stereocenters. The third-order valence-corrected chi connectivity index (χ3v) is 5.16. The molecule has 1 nitrogen and oxygen atoms in total. The molecule has 1 heteroatoms. The predicted molar refractivity (Wildman–Crippen MR) is 103 cm³/mol. The summed E-state index contributed by atoms with van der Waals surface area (Å²) in [6.07, 6.45) is 8.23. The average molecular weight is 317 g/mol. The number of nitrogen functional groups attached to an aromatic ring is 1. The van der Waals surface area contributed by atoms with E-state index in [0.29, 0.717) is 0 Å². The van der Waals surface area contributed by atoms with E-state index in [-0.39, 0.29) is 0 Å². The molecule has 2 aromatic carbocycles. The average Bonchev–Trinajstić information content (AvgIpc) is 2.62. The van der Waals surface area contributed by atoms with Gasteiger partial charge in [-0.25, -0.2) is 0 Å². The van der Waals surface area contributed by atoms with Gasteiger partial charge in [0.15, 0.2) is 0 Å². The number of hydrogen-bond donors (Lipinski definition) is 1. The van der Waals surface area contributed by atoms with Crippen molar-refractivity contribution < 1.29 is 0 Å². The Morgan fingerprint density at radius 2 is 1.62 bits per heavy atom. The van der Waals surface area contributed by atoms with Crippen LogP contribution in [0.25, 0.3) is 0 Å². The Morgan fingerprint density at radius 3 is 2.29 bits per heavy atom. The molecule has 2 N–H and O–H groups in total. The van der Waals surface area contributed by atoms with E-state index in [2.05, 4.69) is 43.0 Å². The van der Waals surface area contributed by atoms with Gasteiger partial charge in [0.1, 0.15) is 0 Å². The number of nitrogens with two attached hydrogens (primary N) is 1. The van der Waals surface area contributed by atoms with Crippen LogP contribution >= 0.6 is 0 Å². The van der Waals surface area contributed by atoms with Gasteiger partial charge in [-0.2, -0.15) is 0 Å². The Labute approximate surface area is 146 Å². The highest BCUT2D eigenvalue weighted by Gasteiger charge is 2.21. The van der Waals surface area contributed by atoms with Crippen molar-refractivity contribution in [2.24, 2.45) is 5.92 Å². The van der Waals surface area contributed by atoms with Gasteiger partial charge in [0, 0.05) is 16.8 Å². The van der Waals surface area contributed by atoms with Crippen LogP contribution in [0.5, 0.6) is 0 Å². The summed E-state index contributed by atoms with van der Waals surface area (Å²) in [7, 11) is 0. The van der Waals surface area contributed by atoms with Crippen molar-refractivity contribution in [1.29, 1.82) is 0 Å². The summed E-state index contributed by atoms with van der Waals surface area (Å²) in [5.74, 6) is 8.14. The zero-order chi connectivity index (χ0) is 16.8. The summed E-state index contributed by atoms with van der Waals surface area (Å²) in [5.41, 5.74) is 10.1. The lowest BCUT2D eigenvalue weighted by atomic mass is 9.77. The molecule has 1 aliphatic rings. The third kappa shape index (κ3) is 4.42. The highest BCUT2D eigenvalue weighted by molar-refractivity contribution is 5.49. The molecule has 1 saturated carbocycles. The van der Waals surface area contributed by atoms with E-state index in [1.807, 2.05) is 24.3 Å². The van der Waals surface area contributed by atoms with Gasteiger partial charge >= 0.3 is 0 Å². The Morgan fingerprint density at radius 1 is 0.917 bits per heavy atom. The minimum absolute atomic E-state index is 0.744. The molecule has 0 spiro atoms. The maximum absolute atomic E-state index is 5.79. The van der Waals surface area contributed by atoms with Crippen LogP contribution in [0.4, 0.5) is 5.69 Å². The number of benzene rings is 2. The smallest absolute Gasteiger partial charge is 0.0326 e. The van der Waals surface area contributed by atoms with Gasteiger partial charge in [-0.15, -0.1) is 0 Å². The summed E-state index contributed by atoms with van der Waals surface area (Å²) in [5, 5.41) is 0. The van der Waals surface area contributed by atoms with Crippen LogP contribution in [0.2, 0.25) is 0 Å². The van der Waals surface area contributed by atoms with Crippen LogP contribution in [-0.2, 0) is 0 Å². The maximum Gasteiger partial charge on any atom is 0.0326 e. The molecule has 3 rings (SSSR count). The molecule has 0 unspecified atom stereocenters. The van der Waals surface area contributed by atoms with Crippen molar-refractivity contribution in [3.05, 3.63) is 65.2 Å². The minimum atomic E-state index is 0.744. The number of rotatable bonds is 3. The van der Waals surface area contributed by atoms with E-state index < -0.39 is 0 Å². The first-order valence-corrected chi connectivity index (χ1v) is 9.22. The monoisotopic (exact) mass is 317 g/mol. The van der Waals surface area contributed by atoms with Crippen molar-refractivity contribution in [2.75, 3.05) is 5.73 Å². The van der Waals surface area contributed by atoms with Crippen LogP contribution < -0.4 is 5.73 Å². The van der Waals surface area contributed by atoms with Crippen LogP contribution in [0.1, 0.15) is 68.1 Å². The Balaban J connectivity index is 1.62. The molecule has 1 aliphatic carbocycles. The summed E-state index contributed by atoms with van der Waals surface area (Å²) in [4.78, 5) is 0. The van der Waals surface area contributed by atoms with Gasteiger partial charge < -0.3 is 5.73 Å². The van der Waals surface area contributed by atoms with E-state index in [9.17, 15) is 0 Å². The van der Waals surface area contributed by atoms with Gasteiger partial charge in [-0.05, 0) is 73.4 Å². The summed E-state index contributed by atoms with van der Waals surface area (Å²) in [6.45, 7) is 2.30. The highest BCUT2D eigenvalue weighted by atomic mass is 14.5. The lowest BCUT2D eigenvalue weighted by molar-refractivity contribution is 0.308. The molecule has 2 aromatic rings. The van der Waals surface area contributed by atoms with Gasteiger partial charge in [0.25, 0.3) is 0 Å². The summed E-state index contributed by atoms with van der Waals surface area (Å²) in [6, 6.07) is 16.6. The van der Waals surface area contributed by atoms with Crippen LogP contribution in [0.3, 0.4) is 0 Å². The molecular weight excluding hydrogens is 290 g/mol. The van der Waals surface area contributed by atoms with Crippen molar-refractivity contribution >= 4 is 5.69 Å². The molecule has 124 valence electrons. The predicted octanol–water partition coefficient (Wildman–Crippen LogP) is 5.74. The fraction of sp³-hybridized carbons (Fsp3) is 0.391. The zero-order valence-electron chi connectivity index (χ0n) is 14.6. The van der Waals surface area contributed by atoms with Gasteiger partial charge in [-0.1, -0.05) is 49.8 Å². The molecular formula is C23H27N. The third-order valence-electron chi connectivity index (χ3n) is 5.16. The van der Waals surface area contributed by atoms with Crippen LogP contribution in [-0.4, -0.2) is 0 Å². The van der Waals surface area contributed by atoms with Crippen molar-refractivity contribution in [1.82, 2.24) is 0 Å². The normalized spacial score (nSPS) is 20.2. The molecule has 1 fully saturated rings. The standard InChI is InChI=1S/C23H27N/c1-2-4-18-9-13-21(14-10-18)22-15-11-19(12-16-22)7-8-20-5-3-6-23(24)17-20/h3,5-6,11-12,15-18,21H,2,4,9-10,13-14,24H2,1H3. The first-order valence-electron chi connectivity index (χ1n) is 9.22. The van der Waals surface area contributed by atoms with E-state index in [1.54, 1.807) is 0 Å². The lowest BCUT2D eigenvalue weighted by Gasteiger charge is -2.28. The second-order valence-corrected chi connectivity index (χ2v) is 7.00. The van der Waals surface area contributed by atoms with E-state index in [4.69, 9.17) is 5.73 Å². The highest BCUT2D eigenvalue weighted by Crippen LogP contribution is 2.37. The van der Waals surface area contributed by atoms with Crippen molar-refractivity contribution in [3.8, 4) is 11.8 Å². The molecule has 0 aliphatic heterocycles. The number of hydrogen-bond acceptors (Lipinski definition) is 1. The molecule has 0 saturated heterocycles. The molecule has 0 bridgehead atoms. The van der Waals surface area contributed by atoms with Gasteiger partial charge in [0.2, 0.25) is 0 Å². The zero-order valence-corrected chi connectivity index (χ0v) is 14.6. The largest absolute Gasteiger partial charge is 0.399 e. The van der Waals surface area contributed by atoms with Crippen molar-refractivity contribution in [2.45, 2.75) is 51.4 Å². The van der Waals surface area contributed by atoms with Crippen LogP contribution in [0.15, 0.2) is 48.5 Å². The van der Waals surface area contributed by atoms with E-state index in [1.165, 1.54) is 44.1 Å². The molecule has 0 radical (unpaired) electrons. The Hall–Kier alpha value is -2.20. The maximum atomic E-state index is 5.79. The minimum Gasteiger partial charge on any atom is -0.399 e. The molecule has 0 aromatic heterocycles. The SMILES string of the molecule is CCCC1CCC(c2ccc(C#Cc3cccc(N)c3)cc2)CC1. The fourth-order valence-electron chi connectivity index (χ4n) is 3.79. The molecule has 0 heterocycles. The quantitative estimate of drug-likeness (QED) is 0.566. The van der Waals surface area contributed by atoms with E-state index >= 15 is 0 Å². The Bertz CT molecular complexity index is 710. The number of anilines is 1. The van der Waals surface area contributed by atoms with Gasteiger partial charge in [-0.3, -0.25) is 0 Å².